The van der Waals surface area contributed by atoms with Crippen LogP contribution in [0.4, 0.5) is 17.6 Å². The molecule has 2 atom stereocenters. The van der Waals surface area contributed by atoms with Crippen LogP contribution in [0.1, 0.15) is 84.0 Å². The first-order valence-electron chi connectivity index (χ1n) is 11.4. The van der Waals surface area contributed by atoms with Gasteiger partial charge < -0.3 is 4.74 Å². The highest BCUT2D eigenvalue weighted by Crippen LogP contribution is 2.41. The van der Waals surface area contributed by atoms with Crippen LogP contribution in [-0.2, 0) is 4.74 Å². The maximum atomic E-state index is 13.7. The summed E-state index contributed by atoms with van der Waals surface area (Å²) < 4.78 is 56.7. The smallest absolute Gasteiger partial charge is 0.378 e. The Hall–Kier alpha value is -0.580. The molecular weight excluding hydrogens is 368 g/mol. The summed E-state index contributed by atoms with van der Waals surface area (Å²) in [7, 11) is 0. The number of ether oxygens (including phenoxy) is 1. The van der Waals surface area contributed by atoms with E-state index in [1.165, 1.54) is 44.9 Å². The van der Waals surface area contributed by atoms with Crippen LogP contribution in [-0.4, -0.2) is 18.9 Å². The first-order valence-corrected chi connectivity index (χ1v) is 11.4. The topological polar surface area (TPSA) is 9.23 Å². The zero-order chi connectivity index (χ0) is 20.1. The minimum absolute atomic E-state index is 0.146. The van der Waals surface area contributed by atoms with Gasteiger partial charge in [-0.2, -0.15) is 13.2 Å². The molecule has 0 radical (unpaired) electrons. The molecule has 2 saturated carbocycles. The van der Waals surface area contributed by atoms with E-state index >= 15 is 0 Å². The van der Waals surface area contributed by atoms with Gasteiger partial charge >= 0.3 is 6.18 Å². The van der Waals surface area contributed by atoms with Crippen molar-refractivity contribution in [3.8, 4) is 0 Å². The SMILES string of the molecule is CC1CCC(C2CCC(CCC3CCC(/C(F)=C/C(F)(F)F)CC3)CC2)OC1. The molecule has 1 aliphatic heterocycles. The summed E-state index contributed by atoms with van der Waals surface area (Å²) in [6.07, 6.45) is 8.70. The van der Waals surface area contributed by atoms with E-state index < -0.39 is 17.9 Å². The predicted molar refractivity (Wildman–Crippen MR) is 104 cm³/mol. The lowest BCUT2D eigenvalue weighted by Gasteiger charge is -2.37. The Kier molecular flexibility index (Phi) is 7.86. The third-order valence-corrected chi connectivity index (χ3v) is 7.48. The zero-order valence-electron chi connectivity index (χ0n) is 17.2. The fourth-order valence-electron chi connectivity index (χ4n) is 5.60. The van der Waals surface area contributed by atoms with Crippen molar-refractivity contribution in [3.05, 3.63) is 11.9 Å². The monoisotopic (exact) mass is 404 g/mol. The summed E-state index contributed by atoms with van der Waals surface area (Å²) in [5.41, 5.74) is 0. The Bertz CT molecular complexity index is 491. The van der Waals surface area contributed by atoms with Crippen LogP contribution in [0.3, 0.4) is 0 Å². The molecule has 1 saturated heterocycles. The molecule has 0 aromatic carbocycles. The van der Waals surface area contributed by atoms with Crippen molar-refractivity contribution in [1.82, 2.24) is 0 Å². The minimum Gasteiger partial charge on any atom is -0.378 e. The summed E-state index contributed by atoms with van der Waals surface area (Å²) in [4.78, 5) is 0. The highest BCUT2D eigenvalue weighted by molar-refractivity contribution is 5.03. The lowest BCUT2D eigenvalue weighted by Crippen LogP contribution is -2.33. The highest BCUT2D eigenvalue weighted by atomic mass is 19.4. The van der Waals surface area contributed by atoms with E-state index in [0.29, 0.717) is 30.8 Å². The molecule has 0 N–H and O–H groups in total. The Morgan fingerprint density at radius 3 is 1.93 bits per heavy atom. The second-order valence-electron chi connectivity index (χ2n) is 9.70. The van der Waals surface area contributed by atoms with Gasteiger partial charge in [-0.25, -0.2) is 4.39 Å². The Labute approximate surface area is 167 Å². The Morgan fingerprint density at radius 1 is 0.857 bits per heavy atom. The van der Waals surface area contributed by atoms with Gasteiger partial charge in [0.1, 0.15) is 5.83 Å². The molecular formula is C23H36F4O. The zero-order valence-corrected chi connectivity index (χ0v) is 17.2. The largest absolute Gasteiger partial charge is 0.412 e. The third kappa shape index (κ3) is 6.74. The van der Waals surface area contributed by atoms with Crippen LogP contribution < -0.4 is 0 Å². The van der Waals surface area contributed by atoms with Crippen molar-refractivity contribution in [2.45, 2.75) is 96.3 Å². The van der Waals surface area contributed by atoms with E-state index in [9.17, 15) is 17.6 Å². The van der Waals surface area contributed by atoms with Gasteiger partial charge in [-0.05, 0) is 75.0 Å². The summed E-state index contributed by atoms with van der Waals surface area (Å²) >= 11 is 0. The van der Waals surface area contributed by atoms with Gasteiger partial charge in [0.15, 0.2) is 0 Å². The van der Waals surface area contributed by atoms with E-state index in [4.69, 9.17) is 4.74 Å². The van der Waals surface area contributed by atoms with E-state index in [0.717, 1.165) is 37.7 Å². The molecule has 2 aliphatic carbocycles. The molecule has 3 aliphatic rings. The standard InChI is InChI=1S/C23H36F4O/c1-16-2-13-22(28-15-16)20-11-7-18(8-12-20)4-3-17-5-9-19(10-6-17)21(24)14-23(25,26)27/h14,16-20,22H,2-13,15H2,1H3/b21-14-. The molecule has 0 bridgehead atoms. The molecule has 1 nitrogen and oxygen atoms in total. The third-order valence-electron chi connectivity index (χ3n) is 7.48. The number of alkyl halides is 3. The fourth-order valence-corrected chi connectivity index (χ4v) is 5.60. The van der Waals surface area contributed by atoms with E-state index in [1.807, 2.05) is 0 Å². The van der Waals surface area contributed by atoms with Crippen LogP contribution in [0.5, 0.6) is 0 Å². The molecule has 28 heavy (non-hydrogen) atoms. The fraction of sp³-hybridized carbons (Fsp3) is 0.913. The molecule has 3 fully saturated rings. The molecule has 162 valence electrons. The summed E-state index contributed by atoms with van der Waals surface area (Å²) in [5, 5.41) is 0. The van der Waals surface area contributed by atoms with Gasteiger partial charge in [0.25, 0.3) is 0 Å². The number of rotatable bonds is 5. The number of hydrogen-bond donors (Lipinski definition) is 0. The number of allylic oxidation sites excluding steroid dienone is 2. The van der Waals surface area contributed by atoms with Crippen LogP contribution in [0.2, 0.25) is 0 Å². The lowest BCUT2D eigenvalue weighted by atomic mass is 9.73. The van der Waals surface area contributed by atoms with Crippen molar-refractivity contribution in [2.75, 3.05) is 6.61 Å². The van der Waals surface area contributed by atoms with E-state index in [1.54, 1.807) is 0 Å². The number of halogens is 4. The molecule has 0 aromatic rings. The van der Waals surface area contributed by atoms with Crippen molar-refractivity contribution < 1.29 is 22.3 Å². The average molecular weight is 405 g/mol. The second kappa shape index (κ2) is 9.95. The molecule has 0 aromatic heterocycles. The molecule has 1 heterocycles. The first kappa shape index (κ1) is 22.1. The van der Waals surface area contributed by atoms with Gasteiger partial charge in [0, 0.05) is 12.5 Å². The van der Waals surface area contributed by atoms with E-state index in [2.05, 4.69) is 6.92 Å². The summed E-state index contributed by atoms with van der Waals surface area (Å²) in [6.45, 7) is 3.19. The molecule has 0 spiro atoms. The Balaban J connectivity index is 1.32. The second-order valence-corrected chi connectivity index (χ2v) is 9.70. The average Bonchev–Trinajstić information content (AvgIpc) is 2.66. The van der Waals surface area contributed by atoms with Crippen molar-refractivity contribution in [3.63, 3.8) is 0 Å². The van der Waals surface area contributed by atoms with Crippen molar-refractivity contribution in [2.24, 2.45) is 29.6 Å². The lowest BCUT2D eigenvalue weighted by molar-refractivity contribution is -0.0821. The van der Waals surface area contributed by atoms with Crippen LogP contribution in [0.15, 0.2) is 11.9 Å². The van der Waals surface area contributed by atoms with Crippen molar-refractivity contribution in [1.29, 1.82) is 0 Å². The maximum Gasteiger partial charge on any atom is 0.412 e. The maximum absolute atomic E-state index is 13.7. The highest BCUT2D eigenvalue weighted by Gasteiger charge is 2.32. The molecule has 5 heteroatoms. The van der Waals surface area contributed by atoms with Gasteiger partial charge in [0.05, 0.1) is 12.2 Å². The van der Waals surface area contributed by atoms with Gasteiger partial charge in [-0.15, -0.1) is 0 Å². The summed E-state index contributed by atoms with van der Waals surface area (Å²) in [6, 6.07) is 0. The molecule has 2 unspecified atom stereocenters. The first-order chi connectivity index (χ1) is 13.3. The normalized spacial score (nSPS) is 38.4. The predicted octanol–water partition coefficient (Wildman–Crippen LogP) is 7.61. The van der Waals surface area contributed by atoms with E-state index in [-0.39, 0.29) is 6.08 Å². The minimum atomic E-state index is -4.54. The summed E-state index contributed by atoms with van der Waals surface area (Å²) in [5.74, 6) is 1.31. The van der Waals surface area contributed by atoms with Crippen molar-refractivity contribution >= 4 is 0 Å². The number of hydrogen-bond acceptors (Lipinski definition) is 1. The quantitative estimate of drug-likeness (QED) is 0.428. The molecule has 0 amide bonds. The van der Waals surface area contributed by atoms with Crippen LogP contribution in [0.25, 0.3) is 0 Å². The van der Waals surface area contributed by atoms with Gasteiger partial charge in [-0.1, -0.05) is 32.6 Å². The van der Waals surface area contributed by atoms with Gasteiger partial charge in [0.2, 0.25) is 0 Å². The van der Waals surface area contributed by atoms with Crippen LogP contribution in [0, 0.1) is 29.6 Å². The van der Waals surface area contributed by atoms with Crippen LogP contribution >= 0.6 is 0 Å². The Morgan fingerprint density at radius 2 is 1.43 bits per heavy atom. The van der Waals surface area contributed by atoms with Gasteiger partial charge in [-0.3, -0.25) is 0 Å². The molecule has 3 rings (SSSR count).